The standard InChI is InChI=1S/C21H30N2O7S2/c1-2-3-13-23(18-10-14-31(26,27)16-18)20(24)15-30-21(25)17-6-8-19(9-7-17)32(28,29)22-11-4-5-12-22/h6-9,18H,2-5,10-16H2,1H3. The molecule has 1 amide bonds. The SMILES string of the molecule is CCCCN(C(=O)COC(=O)c1ccc(S(=O)(=O)N2CCCC2)cc1)C1CCS(=O)(=O)C1. The number of hydrogen-bond acceptors (Lipinski definition) is 7. The molecule has 2 aliphatic rings. The van der Waals surface area contributed by atoms with Gasteiger partial charge in [-0.1, -0.05) is 13.3 Å². The Morgan fingerprint density at radius 3 is 2.38 bits per heavy atom. The van der Waals surface area contributed by atoms with E-state index in [0.717, 1.165) is 25.7 Å². The molecule has 32 heavy (non-hydrogen) atoms. The highest BCUT2D eigenvalue weighted by Crippen LogP contribution is 2.22. The first kappa shape index (κ1) is 24.7. The molecule has 0 spiro atoms. The predicted octanol–water partition coefficient (Wildman–Crippen LogP) is 1.44. The second-order valence-electron chi connectivity index (χ2n) is 8.21. The monoisotopic (exact) mass is 486 g/mol. The van der Waals surface area contributed by atoms with Gasteiger partial charge in [-0.3, -0.25) is 4.79 Å². The number of sulfone groups is 1. The van der Waals surface area contributed by atoms with E-state index in [1.54, 1.807) is 0 Å². The van der Waals surface area contributed by atoms with Crippen molar-refractivity contribution in [3.63, 3.8) is 0 Å². The minimum absolute atomic E-state index is 0.0556. The maximum atomic E-state index is 12.7. The van der Waals surface area contributed by atoms with Crippen molar-refractivity contribution < 1.29 is 31.2 Å². The molecule has 2 heterocycles. The first-order chi connectivity index (χ1) is 15.1. The Hall–Kier alpha value is -1.98. The van der Waals surface area contributed by atoms with E-state index >= 15 is 0 Å². The topological polar surface area (TPSA) is 118 Å². The zero-order chi connectivity index (χ0) is 23.4. The summed E-state index contributed by atoms with van der Waals surface area (Å²) in [6.45, 7) is 2.88. The van der Waals surface area contributed by atoms with Gasteiger partial charge in [0.15, 0.2) is 16.4 Å². The van der Waals surface area contributed by atoms with Gasteiger partial charge in [-0.25, -0.2) is 21.6 Å². The molecular weight excluding hydrogens is 456 g/mol. The maximum Gasteiger partial charge on any atom is 0.338 e. The Labute approximate surface area is 189 Å². The van der Waals surface area contributed by atoms with Gasteiger partial charge in [-0.15, -0.1) is 0 Å². The van der Waals surface area contributed by atoms with Crippen LogP contribution in [0, 0.1) is 0 Å². The van der Waals surface area contributed by atoms with Crippen LogP contribution in [0.5, 0.6) is 0 Å². The van der Waals surface area contributed by atoms with E-state index in [0.29, 0.717) is 26.1 Å². The van der Waals surface area contributed by atoms with Crippen LogP contribution >= 0.6 is 0 Å². The van der Waals surface area contributed by atoms with E-state index in [2.05, 4.69) is 0 Å². The van der Waals surface area contributed by atoms with Crippen LogP contribution in [0.15, 0.2) is 29.2 Å². The summed E-state index contributed by atoms with van der Waals surface area (Å²) in [5, 5.41) is 0. The van der Waals surface area contributed by atoms with E-state index in [1.807, 2.05) is 6.92 Å². The van der Waals surface area contributed by atoms with Gasteiger partial charge in [-0.2, -0.15) is 4.31 Å². The van der Waals surface area contributed by atoms with Crippen molar-refractivity contribution in [2.45, 2.75) is 50.0 Å². The van der Waals surface area contributed by atoms with Crippen LogP contribution in [0.4, 0.5) is 0 Å². The molecule has 2 fully saturated rings. The third-order valence-electron chi connectivity index (χ3n) is 5.84. The molecule has 2 saturated heterocycles. The van der Waals surface area contributed by atoms with Crippen LogP contribution in [0.3, 0.4) is 0 Å². The van der Waals surface area contributed by atoms with Crippen molar-refractivity contribution in [1.82, 2.24) is 9.21 Å². The van der Waals surface area contributed by atoms with Crippen LogP contribution in [0.2, 0.25) is 0 Å². The molecular formula is C21H30N2O7S2. The predicted molar refractivity (Wildman–Crippen MR) is 118 cm³/mol. The summed E-state index contributed by atoms with van der Waals surface area (Å²) in [5.74, 6) is -1.18. The summed E-state index contributed by atoms with van der Waals surface area (Å²) >= 11 is 0. The van der Waals surface area contributed by atoms with E-state index < -0.39 is 44.4 Å². The molecule has 0 bridgehead atoms. The number of carbonyl (C=O) groups is 2. The number of carbonyl (C=O) groups excluding carboxylic acids is 2. The smallest absolute Gasteiger partial charge is 0.338 e. The Balaban J connectivity index is 1.60. The van der Waals surface area contributed by atoms with Crippen molar-refractivity contribution >= 4 is 31.7 Å². The molecule has 1 aromatic carbocycles. The molecule has 3 rings (SSSR count). The molecule has 2 aliphatic heterocycles. The highest BCUT2D eigenvalue weighted by Gasteiger charge is 2.34. The zero-order valence-corrected chi connectivity index (χ0v) is 19.9. The molecule has 0 N–H and O–H groups in total. The molecule has 178 valence electrons. The molecule has 0 saturated carbocycles. The van der Waals surface area contributed by atoms with Crippen molar-refractivity contribution in [2.75, 3.05) is 37.7 Å². The Morgan fingerprint density at radius 2 is 1.81 bits per heavy atom. The summed E-state index contributed by atoms with van der Waals surface area (Å²) in [6, 6.07) is 5.07. The van der Waals surface area contributed by atoms with E-state index in [9.17, 15) is 26.4 Å². The quantitative estimate of drug-likeness (QED) is 0.485. The number of sulfonamides is 1. The van der Waals surface area contributed by atoms with Gasteiger partial charge < -0.3 is 9.64 Å². The van der Waals surface area contributed by atoms with Gasteiger partial charge in [-0.05, 0) is 49.9 Å². The van der Waals surface area contributed by atoms with Crippen molar-refractivity contribution in [1.29, 1.82) is 0 Å². The van der Waals surface area contributed by atoms with Gasteiger partial charge in [0.25, 0.3) is 5.91 Å². The fourth-order valence-electron chi connectivity index (χ4n) is 3.99. The zero-order valence-electron chi connectivity index (χ0n) is 18.2. The number of esters is 1. The van der Waals surface area contributed by atoms with E-state index in [-0.39, 0.29) is 22.0 Å². The van der Waals surface area contributed by atoms with Gasteiger partial charge in [0.1, 0.15) is 0 Å². The summed E-state index contributed by atoms with van der Waals surface area (Å²) in [4.78, 5) is 26.7. The normalized spacial score (nSPS) is 20.8. The molecule has 0 radical (unpaired) electrons. The second kappa shape index (κ2) is 10.3. The molecule has 0 aliphatic carbocycles. The lowest BCUT2D eigenvalue weighted by molar-refractivity contribution is -0.136. The molecule has 11 heteroatoms. The summed E-state index contributed by atoms with van der Waals surface area (Å²) in [6.07, 6.45) is 3.62. The fourth-order valence-corrected chi connectivity index (χ4v) is 7.24. The number of hydrogen-bond donors (Lipinski definition) is 0. The maximum absolute atomic E-state index is 12.7. The molecule has 1 atom stereocenters. The second-order valence-corrected chi connectivity index (χ2v) is 12.4. The lowest BCUT2D eigenvalue weighted by Gasteiger charge is -2.28. The Kier molecular flexibility index (Phi) is 7.94. The molecule has 1 unspecified atom stereocenters. The Bertz CT molecular complexity index is 1030. The average Bonchev–Trinajstić information content (AvgIpc) is 3.43. The van der Waals surface area contributed by atoms with Crippen LogP contribution in [-0.4, -0.2) is 81.7 Å². The third kappa shape index (κ3) is 5.87. The van der Waals surface area contributed by atoms with Crippen molar-refractivity contribution in [2.24, 2.45) is 0 Å². The number of rotatable bonds is 9. The number of benzene rings is 1. The van der Waals surface area contributed by atoms with Crippen LogP contribution in [0.1, 0.15) is 49.4 Å². The van der Waals surface area contributed by atoms with Gasteiger partial charge in [0.05, 0.1) is 22.0 Å². The fraction of sp³-hybridized carbons (Fsp3) is 0.619. The van der Waals surface area contributed by atoms with Gasteiger partial charge >= 0.3 is 5.97 Å². The van der Waals surface area contributed by atoms with Crippen molar-refractivity contribution in [3.05, 3.63) is 29.8 Å². The molecule has 1 aromatic rings. The lowest BCUT2D eigenvalue weighted by atomic mass is 10.2. The van der Waals surface area contributed by atoms with Gasteiger partial charge in [0, 0.05) is 25.7 Å². The number of nitrogens with zero attached hydrogens (tertiary/aromatic N) is 2. The first-order valence-corrected chi connectivity index (χ1v) is 14.2. The number of unbranched alkanes of at least 4 members (excludes halogenated alkanes) is 1. The summed E-state index contributed by atoms with van der Waals surface area (Å²) in [7, 11) is -6.72. The number of amides is 1. The number of ether oxygens (including phenoxy) is 1. The third-order valence-corrected chi connectivity index (χ3v) is 9.50. The Morgan fingerprint density at radius 1 is 1.16 bits per heavy atom. The summed E-state index contributed by atoms with van der Waals surface area (Å²) < 4.78 is 55.3. The highest BCUT2D eigenvalue weighted by molar-refractivity contribution is 7.91. The molecule has 9 nitrogen and oxygen atoms in total. The van der Waals surface area contributed by atoms with Crippen LogP contribution in [-0.2, 0) is 29.4 Å². The molecule has 0 aromatic heterocycles. The summed E-state index contributed by atoms with van der Waals surface area (Å²) in [5.41, 5.74) is 0.140. The first-order valence-electron chi connectivity index (χ1n) is 10.9. The van der Waals surface area contributed by atoms with Crippen LogP contribution in [0.25, 0.3) is 0 Å². The van der Waals surface area contributed by atoms with Crippen molar-refractivity contribution in [3.8, 4) is 0 Å². The van der Waals surface area contributed by atoms with E-state index in [1.165, 1.54) is 33.5 Å². The minimum Gasteiger partial charge on any atom is -0.452 e. The minimum atomic E-state index is -3.57. The average molecular weight is 487 g/mol. The van der Waals surface area contributed by atoms with E-state index in [4.69, 9.17) is 4.74 Å². The van der Waals surface area contributed by atoms with Gasteiger partial charge in [0.2, 0.25) is 10.0 Å². The lowest BCUT2D eigenvalue weighted by Crippen LogP contribution is -2.43. The van der Waals surface area contributed by atoms with Crippen LogP contribution < -0.4 is 0 Å². The largest absolute Gasteiger partial charge is 0.452 e. The highest BCUT2D eigenvalue weighted by atomic mass is 32.2.